The van der Waals surface area contributed by atoms with Crippen LogP contribution in [0.4, 0.5) is 17.1 Å². The molecule has 64 heavy (non-hydrogen) atoms. The number of hydrogen-bond donors (Lipinski definition) is 0. The average molecular weight is 817 g/mol. The van der Waals surface area contributed by atoms with Gasteiger partial charge in [-0.3, -0.25) is 0 Å². The van der Waals surface area contributed by atoms with Gasteiger partial charge in [0.25, 0.3) is 0 Å². The van der Waals surface area contributed by atoms with Gasteiger partial charge in [0.15, 0.2) is 11.5 Å². The van der Waals surface area contributed by atoms with Crippen LogP contribution in [0.2, 0.25) is 0 Å². The Kier molecular flexibility index (Phi) is 8.13. The maximum absolute atomic E-state index is 6.52. The lowest BCUT2D eigenvalue weighted by atomic mass is 9.67. The van der Waals surface area contributed by atoms with Gasteiger partial charge in [-0.05, 0) is 128 Å². The molecule has 300 valence electrons. The Morgan fingerprint density at radius 3 is 1.78 bits per heavy atom. The summed E-state index contributed by atoms with van der Waals surface area (Å²) >= 11 is 0. The quantitative estimate of drug-likeness (QED) is 0.159. The number of ether oxygens (including phenoxy) is 1. The molecule has 0 saturated heterocycles. The summed E-state index contributed by atoms with van der Waals surface area (Å²) in [6.45, 7) is 0. The van der Waals surface area contributed by atoms with Crippen LogP contribution in [0.1, 0.15) is 22.3 Å². The molecular weight excluding hydrogens is 777 g/mol. The molecule has 0 fully saturated rings. The summed E-state index contributed by atoms with van der Waals surface area (Å²) in [7, 11) is 0. The molecule has 1 aromatic heterocycles. The van der Waals surface area contributed by atoms with Gasteiger partial charge in [-0.1, -0.05) is 170 Å². The monoisotopic (exact) mass is 816 g/mol. The van der Waals surface area contributed by atoms with E-state index in [1.165, 1.54) is 60.8 Å². The van der Waals surface area contributed by atoms with Gasteiger partial charge in [-0.25, -0.2) is 0 Å². The first-order valence-corrected chi connectivity index (χ1v) is 22.0. The van der Waals surface area contributed by atoms with Crippen LogP contribution < -0.4 is 9.64 Å². The number of para-hydroxylation sites is 4. The molecule has 0 spiro atoms. The first-order chi connectivity index (χ1) is 31.8. The summed E-state index contributed by atoms with van der Waals surface area (Å²) in [5, 5.41) is 2.42. The Balaban J connectivity index is 0.927. The summed E-state index contributed by atoms with van der Waals surface area (Å²) in [5.74, 6) is 1.75. The Morgan fingerprint density at radius 2 is 0.984 bits per heavy atom. The summed E-state index contributed by atoms with van der Waals surface area (Å²) in [5.41, 5.74) is 18.5. The number of benzene rings is 10. The Morgan fingerprint density at radius 1 is 0.375 bits per heavy atom. The number of anilines is 3. The van der Waals surface area contributed by atoms with E-state index in [0.717, 1.165) is 50.9 Å². The van der Waals surface area contributed by atoms with Gasteiger partial charge in [-0.2, -0.15) is 0 Å². The van der Waals surface area contributed by atoms with Crippen molar-refractivity contribution in [2.24, 2.45) is 0 Å². The van der Waals surface area contributed by atoms with E-state index in [1.807, 2.05) is 12.1 Å². The van der Waals surface area contributed by atoms with Gasteiger partial charge in [0, 0.05) is 27.8 Å². The second kappa shape index (κ2) is 14.3. The zero-order chi connectivity index (χ0) is 42.2. The highest BCUT2D eigenvalue weighted by Gasteiger charge is 2.46. The van der Waals surface area contributed by atoms with Crippen molar-refractivity contribution in [2.45, 2.75) is 5.41 Å². The Bertz CT molecular complexity index is 3530. The number of rotatable bonds is 7. The lowest BCUT2D eigenvalue weighted by Gasteiger charge is -2.35. The second-order valence-corrected chi connectivity index (χ2v) is 16.8. The molecular formula is C61H40N2O. The predicted molar refractivity (Wildman–Crippen MR) is 264 cm³/mol. The minimum Gasteiger partial charge on any atom is -0.453 e. The van der Waals surface area contributed by atoms with Gasteiger partial charge >= 0.3 is 0 Å². The van der Waals surface area contributed by atoms with Crippen LogP contribution in [0.15, 0.2) is 243 Å². The third kappa shape index (κ3) is 5.34. The molecule has 0 N–H and O–H groups in total. The molecule has 0 unspecified atom stereocenters. The first-order valence-electron chi connectivity index (χ1n) is 22.0. The molecule has 11 aromatic rings. The summed E-state index contributed by atoms with van der Waals surface area (Å²) in [6.07, 6.45) is 0. The fourth-order valence-electron chi connectivity index (χ4n) is 10.8. The summed E-state index contributed by atoms with van der Waals surface area (Å²) in [6, 6.07) is 88.2. The van der Waals surface area contributed by atoms with Crippen LogP contribution in [-0.4, -0.2) is 4.57 Å². The number of aromatic nitrogens is 1. The minimum atomic E-state index is -0.489. The van der Waals surface area contributed by atoms with E-state index in [9.17, 15) is 0 Å². The standard InChI is InChI=1S/C61H40N2O/c1-4-19-44(20-5-1)61(45-21-6-2-7-22-45)53-27-12-10-25-50(53)51-36-35-48(40-54(51)61)62(46-23-8-3-9-24-46)47-33-31-41(32-34-47)42-17-16-18-43(39-42)49-37-38-58-60-59(49)52-26-11-13-28-55(52)63(60)56-29-14-15-30-57(56)64-58/h1-40H. The molecule has 3 heteroatoms. The van der Waals surface area contributed by atoms with E-state index in [0.29, 0.717) is 0 Å². The molecule has 0 saturated carbocycles. The van der Waals surface area contributed by atoms with E-state index in [2.05, 4.69) is 240 Å². The molecule has 1 aliphatic carbocycles. The predicted octanol–water partition coefficient (Wildman–Crippen LogP) is 16.1. The second-order valence-electron chi connectivity index (χ2n) is 16.8. The highest BCUT2D eigenvalue weighted by Crippen LogP contribution is 2.57. The molecule has 2 aliphatic rings. The third-order valence-corrected chi connectivity index (χ3v) is 13.5. The van der Waals surface area contributed by atoms with Gasteiger partial charge in [0.2, 0.25) is 0 Å². The summed E-state index contributed by atoms with van der Waals surface area (Å²) < 4.78 is 8.89. The fourth-order valence-corrected chi connectivity index (χ4v) is 10.8. The highest BCUT2D eigenvalue weighted by atomic mass is 16.5. The fraction of sp³-hybridized carbons (Fsp3) is 0.0164. The first kappa shape index (κ1) is 36.3. The van der Waals surface area contributed by atoms with Crippen molar-refractivity contribution in [1.82, 2.24) is 4.57 Å². The Labute approximate surface area is 372 Å². The molecule has 13 rings (SSSR count). The highest BCUT2D eigenvalue weighted by molar-refractivity contribution is 6.18. The number of nitrogens with zero attached hydrogens (tertiary/aromatic N) is 2. The van der Waals surface area contributed by atoms with Gasteiger partial charge in [0.05, 0.1) is 22.1 Å². The van der Waals surface area contributed by atoms with E-state index >= 15 is 0 Å². The van der Waals surface area contributed by atoms with Gasteiger partial charge in [-0.15, -0.1) is 0 Å². The molecule has 10 aromatic carbocycles. The topological polar surface area (TPSA) is 17.4 Å². The molecule has 3 nitrogen and oxygen atoms in total. The van der Waals surface area contributed by atoms with Crippen LogP contribution in [0.25, 0.3) is 60.9 Å². The van der Waals surface area contributed by atoms with Crippen molar-refractivity contribution in [3.63, 3.8) is 0 Å². The van der Waals surface area contributed by atoms with Crippen LogP contribution in [-0.2, 0) is 5.41 Å². The molecule has 2 heterocycles. The largest absolute Gasteiger partial charge is 0.453 e. The van der Waals surface area contributed by atoms with Crippen LogP contribution in [0.5, 0.6) is 11.5 Å². The average Bonchev–Trinajstić information content (AvgIpc) is 3.87. The molecule has 1 aliphatic heterocycles. The molecule has 0 radical (unpaired) electrons. The van der Waals surface area contributed by atoms with E-state index in [4.69, 9.17) is 4.74 Å². The Hall–Kier alpha value is -8.40. The lowest BCUT2D eigenvalue weighted by molar-refractivity contribution is 0.476. The third-order valence-electron chi connectivity index (χ3n) is 13.5. The van der Waals surface area contributed by atoms with Gasteiger partial charge in [0.1, 0.15) is 0 Å². The van der Waals surface area contributed by atoms with Crippen LogP contribution in [0.3, 0.4) is 0 Å². The summed E-state index contributed by atoms with van der Waals surface area (Å²) in [4.78, 5) is 2.39. The SMILES string of the molecule is c1ccc(N(c2ccc(-c3cccc(-c4ccc5c6c4c4ccccc4n6-c4ccccc4O5)c3)cc2)c2ccc3c(c2)C(c2ccccc2)(c2ccccc2)c2ccccc2-3)cc1. The molecule has 0 bridgehead atoms. The smallest absolute Gasteiger partial charge is 0.152 e. The van der Waals surface area contributed by atoms with Crippen molar-refractivity contribution in [3.05, 3.63) is 265 Å². The van der Waals surface area contributed by atoms with Crippen molar-refractivity contribution in [2.75, 3.05) is 4.90 Å². The number of hydrogen-bond acceptors (Lipinski definition) is 2. The van der Waals surface area contributed by atoms with E-state index in [-0.39, 0.29) is 0 Å². The normalized spacial score (nSPS) is 12.9. The maximum Gasteiger partial charge on any atom is 0.152 e. The zero-order valence-electron chi connectivity index (χ0n) is 34.9. The number of fused-ring (bicyclic) bond motifs is 8. The van der Waals surface area contributed by atoms with Gasteiger partial charge < -0.3 is 14.2 Å². The maximum atomic E-state index is 6.52. The zero-order valence-corrected chi connectivity index (χ0v) is 34.9. The van der Waals surface area contributed by atoms with Crippen molar-refractivity contribution in [1.29, 1.82) is 0 Å². The van der Waals surface area contributed by atoms with E-state index in [1.54, 1.807) is 0 Å². The molecule has 0 amide bonds. The van der Waals surface area contributed by atoms with Crippen molar-refractivity contribution >= 4 is 38.9 Å². The minimum absolute atomic E-state index is 0.489. The van der Waals surface area contributed by atoms with Crippen LogP contribution >= 0.6 is 0 Å². The van der Waals surface area contributed by atoms with E-state index < -0.39 is 5.41 Å². The van der Waals surface area contributed by atoms with Crippen molar-refractivity contribution in [3.8, 4) is 50.6 Å². The van der Waals surface area contributed by atoms with Crippen LogP contribution in [0, 0.1) is 0 Å². The molecule has 0 atom stereocenters. The lowest BCUT2D eigenvalue weighted by Crippen LogP contribution is -2.28. The van der Waals surface area contributed by atoms with Crippen molar-refractivity contribution < 1.29 is 4.74 Å².